The molecule has 0 aromatic carbocycles. The zero-order valence-electron chi connectivity index (χ0n) is 43.1. The van der Waals surface area contributed by atoms with Crippen LogP contribution in [0.4, 0.5) is 0 Å². The summed E-state index contributed by atoms with van der Waals surface area (Å²) in [6.07, 6.45) is 60.9. The molecular weight excluding hydrogens is 846 g/mol. The van der Waals surface area contributed by atoms with Gasteiger partial charge in [-0.3, -0.25) is 14.2 Å². The van der Waals surface area contributed by atoms with E-state index in [0.717, 1.165) is 77.0 Å². The number of carbonyl (C=O) groups is 2. The molecule has 9 nitrogen and oxygen atoms in total. The summed E-state index contributed by atoms with van der Waals surface area (Å²) in [4.78, 5) is 37.6. The van der Waals surface area contributed by atoms with Crippen molar-refractivity contribution in [1.82, 2.24) is 0 Å². The van der Waals surface area contributed by atoms with Gasteiger partial charge >= 0.3 is 11.9 Å². The number of rotatable bonds is 48. The van der Waals surface area contributed by atoms with Gasteiger partial charge < -0.3 is 27.9 Å². The normalized spacial score (nSPS) is 14.0. The standard InChI is InChI=1S/C56H100NO8P/c1-6-8-10-12-14-16-18-19-20-21-22-23-24-25-26-27-28-29-30-31-32-33-34-35-36-37-39-41-43-45-47-49-56(59)65-54(53-64-66(60,61)63-51-50-57(3,4)5)52-62-55(58)48-46-44-42-40-38-17-15-13-11-9-7-2/h8,10,14,16,19-20,22-23,25-26,28-29,54H,6-7,9,11-13,15,17-18,21,24,27,30-53H2,1-5H3/b10-8-,16-14-,20-19-,23-22-,26-25-,29-28-. The summed E-state index contributed by atoms with van der Waals surface area (Å²) in [5, 5.41) is 0. The molecule has 0 aromatic heterocycles. The van der Waals surface area contributed by atoms with Crippen LogP contribution >= 0.6 is 7.82 Å². The lowest BCUT2D eigenvalue weighted by Gasteiger charge is -2.28. The summed E-state index contributed by atoms with van der Waals surface area (Å²) in [5.74, 6) is -0.835. The van der Waals surface area contributed by atoms with Crippen molar-refractivity contribution in [1.29, 1.82) is 0 Å². The molecule has 10 heteroatoms. The third kappa shape index (κ3) is 50.9. The molecule has 0 aliphatic rings. The molecule has 2 unspecified atom stereocenters. The average Bonchev–Trinajstić information content (AvgIpc) is 3.27. The Hall–Kier alpha value is -2.55. The Morgan fingerprint density at radius 3 is 1.29 bits per heavy atom. The van der Waals surface area contributed by atoms with E-state index in [2.05, 4.69) is 86.8 Å². The molecule has 0 rings (SSSR count). The van der Waals surface area contributed by atoms with E-state index in [-0.39, 0.29) is 32.0 Å². The lowest BCUT2D eigenvalue weighted by atomic mass is 10.0. The third-order valence-electron chi connectivity index (χ3n) is 11.2. The van der Waals surface area contributed by atoms with Crippen LogP contribution in [0.3, 0.4) is 0 Å². The monoisotopic (exact) mass is 946 g/mol. The van der Waals surface area contributed by atoms with Crippen molar-refractivity contribution in [2.24, 2.45) is 0 Å². The first-order valence-corrected chi connectivity index (χ1v) is 28.1. The van der Waals surface area contributed by atoms with Gasteiger partial charge in [-0.15, -0.1) is 0 Å². The number of ether oxygens (including phenoxy) is 2. The molecule has 0 aromatic rings. The Labute approximate surface area is 406 Å². The number of hydrogen-bond acceptors (Lipinski definition) is 8. The molecule has 66 heavy (non-hydrogen) atoms. The van der Waals surface area contributed by atoms with E-state index in [1.807, 2.05) is 21.1 Å². The Morgan fingerprint density at radius 2 is 0.864 bits per heavy atom. The first-order chi connectivity index (χ1) is 32.0. The van der Waals surface area contributed by atoms with Crippen LogP contribution in [0.1, 0.15) is 219 Å². The number of nitrogens with zero attached hydrogens (tertiary/aromatic N) is 1. The molecule has 382 valence electrons. The molecule has 0 heterocycles. The van der Waals surface area contributed by atoms with Crippen LogP contribution in [0.2, 0.25) is 0 Å². The van der Waals surface area contributed by atoms with Crippen molar-refractivity contribution in [3.8, 4) is 0 Å². The van der Waals surface area contributed by atoms with Gasteiger partial charge in [0.1, 0.15) is 19.8 Å². The van der Waals surface area contributed by atoms with Gasteiger partial charge in [-0.05, 0) is 64.2 Å². The zero-order chi connectivity index (χ0) is 48.5. The van der Waals surface area contributed by atoms with Crippen molar-refractivity contribution in [2.75, 3.05) is 47.5 Å². The highest BCUT2D eigenvalue weighted by atomic mass is 31.2. The van der Waals surface area contributed by atoms with Gasteiger partial charge in [0.05, 0.1) is 27.7 Å². The maximum absolute atomic E-state index is 12.7. The lowest BCUT2D eigenvalue weighted by molar-refractivity contribution is -0.870. The molecule has 0 spiro atoms. The highest BCUT2D eigenvalue weighted by Gasteiger charge is 2.21. The minimum Gasteiger partial charge on any atom is -0.756 e. The fourth-order valence-electron chi connectivity index (χ4n) is 7.13. The van der Waals surface area contributed by atoms with Crippen LogP contribution in [0.5, 0.6) is 0 Å². The number of phosphoric acid groups is 1. The van der Waals surface area contributed by atoms with Crippen molar-refractivity contribution in [3.05, 3.63) is 72.9 Å². The first-order valence-electron chi connectivity index (χ1n) is 26.6. The van der Waals surface area contributed by atoms with E-state index in [9.17, 15) is 19.0 Å². The first kappa shape index (κ1) is 63.5. The summed E-state index contributed by atoms with van der Waals surface area (Å²) in [7, 11) is 1.16. The maximum atomic E-state index is 12.7. The van der Waals surface area contributed by atoms with E-state index in [1.165, 1.54) is 109 Å². The Kier molecular flexibility index (Phi) is 45.7. The predicted octanol–water partition coefficient (Wildman–Crippen LogP) is 15.5. The predicted molar refractivity (Wildman–Crippen MR) is 277 cm³/mol. The summed E-state index contributed by atoms with van der Waals surface area (Å²) in [6, 6.07) is 0. The van der Waals surface area contributed by atoms with Gasteiger partial charge in [0.25, 0.3) is 7.82 Å². The van der Waals surface area contributed by atoms with Crippen LogP contribution in [0.15, 0.2) is 72.9 Å². The van der Waals surface area contributed by atoms with Crippen LogP contribution in [-0.2, 0) is 32.7 Å². The number of esters is 2. The molecule has 2 atom stereocenters. The molecule has 0 saturated heterocycles. The number of hydrogen-bond donors (Lipinski definition) is 0. The smallest absolute Gasteiger partial charge is 0.306 e. The number of allylic oxidation sites excluding steroid dienone is 12. The summed E-state index contributed by atoms with van der Waals surface area (Å²) < 4.78 is 34.0. The van der Waals surface area contributed by atoms with E-state index in [1.54, 1.807) is 0 Å². The topological polar surface area (TPSA) is 111 Å². The summed E-state index contributed by atoms with van der Waals surface area (Å²) >= 11 is 0. The van der Waals surface area contributed by atoms with Gasteiger partial charge in [0.15, 0.2) is 6.10 Å². The molecule has 0 fully saturated rings. The Morgan fingerprint density at radius 1 is 0.485 bits per heavy atom. The van der Waals surface area contributed by atoms with Gasteiger partial charge in [-0.2, -0.15) is 0 Å². The number of unbranched alkanes of at least 4 members (excludes halogenated alkanes) is 22. The molecular formula is C56H100NO8P. The van der Waals surface area contributed by atoms with E-state index in [4.69, 9.17) is 18.5 Å². The lowest BCUT2D eigenvalue weighted by Crippen LogP contribution is -2.37. The Balaban J connectivity index is 4.10. The van der Waals surface area contributed by atoms with Crippen LogP contribution in [0.25, 0.3) is 0 Å². The van der Waals surface area contributed by atoms with Crippen LogP contribution in [-0.4, -0.2) is 70.0 Å². The molecule has 0 aliphatic carbocycles. The van der Waals surface area contributed by atoms with Crippen molar-refractivity contribution in [3.63, 3.8) is 0 Å². The van der Waals surface area contributed by atoms with E-state index < -0.39 is 26.5 Å². The second-order valence-electron chi connectivity index (χ2n) is 18.9. The molecule has 0 saturated carbocycles. The molecule has 0 bridgehead atoms. The van der Waals surface area contributed by atoms with Crippen LogP contribution in [0, 0.1) is 0 Å². The largest absolute Gasteiger partial charge is 0.756 e. The number of quaternary nitrogens is 1. The minimum atomic E-state index is -4.63. The third-order valence-corrected chi connectivity index (χ3v) is 12.2. The second kappa shape index (κ2) is 47.5. The van der Waals surface area contributed by atoms with Crippen molar-refractivity contribution in [2.45, 2.75) is 225 Å². The van der Waals surface area contributed by atoms with Gasteiger partial charge in [-0.25, -0.2) is 0 Å². The zero-order valence-corrected chi connectivity index (χ0v) is 44.0. The van der Waals surface area contributed by atoms with Gasteiger partial charge in [0, 0.05) is 12.8 Å². The van der Waals surface area contributed by atoms with Gasteiger partial charge in [0.2, 0.25) is 0 Å². The maximum Gasteiger partial charge on any atom is 0.306 e. The minimum absolute atomic E-state index is 0.0322. The van der Waals surface area contributed by atoms with E-state index >= 15 is 0 Å². The summed E-state index contributed by atoms with van der Waals surface area (Å²) in [5.41, 5.74) is 0. The SMILES string of the molecule is CC/C=C\C/C=C\C/C=C\C/C=C\C/C=C\C/C=C\CCCCCCCCCCCCCCC(=O)OC(COC(=O)CCCCCCCCCCCCC)COP(=O)([O-])OCC[N+](C)(C)C. The fourth-order valence-corrected chi connectivity index (χ4v) is 7.86. The number of carbonyl (C=O) groups excluding carboxylic acids is 2. The van der Waals surface area contributed by atoms with E-state index in [0.29, 0.717) is 17.4 Å². The molecule has 0 N–H and O–H groups in total. The van der Waals surface area contributed by atoms with Crippen molar-refractivity contribution >= 4 is 19.8 Å². The quantitative estimate of drug-likeness (QED) is 0.0195. The average molecular weight is 946 g/mol. The van der Waals surface area contributed by atoms with Crippen LogP contribution < -0.4 is 4.89 Å². The highest BCUT2D eigenvalue weighted by Crippen LogP contribution is 2.38. The molecule has 0 amide bonds. The highest BCUT2D eigenvalue weighted by molar-refractivity contribution is 7.45. The number of phosphoric ester groups is 1. The second-order valence-corrected chi connectivity index (χ2v) is 20.3. The molecule has 0 radical (unpaired) electrons. The van der Waals surface area contributed by atoms with Gasteiger partial charge in [-0.1, -0.05) is 215 Å². The molecule has 0 aliphatic heterocycles. The fraction of sp³-hybridized carbons (Fsp3) is 0.750. The number of likely N-dealkylation sites (N-methyl/N-ethyl adjacent to an activating group) is 1. The van der Waals surface area contributed by atoms with Crippen molar-refractivity contribution < 1.29 is 42.1 Å². The summed E-state index contributed by atoms with van der Waals surface area (Å²) in [6.45, 7) is 4.11. The Bertz CT molecular complexity index is 1350.